The summed E-state index contributed by atoms with van der Waals surface area (Å²) < 4.78 is 15.7. The van der Waals surface area contributed by atoms with Crippen LogP contribution in [0.15, 0.2) is 28.8 Å². The second kappa shape index (κ2) is 5.44. The topological polar surface area (TPSA) is 64.3 Å². The van der Waals surface area contributed by atoms with Gasteiger partial charge in [-0.1, -0.05) is 11.6 Å². The number of fused-ring (bicyclic) bond motifs is 1. The smallest absolute Gasteiger partial charge is 0.264 e. The zero-order chi connectivity index (χ0) is 14.0. The van der Waals surface area contributed by atoms with Crippen molar-refractivity contribution in [1.82, 2.24) is 9.78 Å². The second-order valence-corrected chi connectivity index (χ2v) is 4.62. The molecule has 0 saturated carbocycles. The molecule has 0 unspecified atom stereocenters. The maximum absolute atomic E-state index is 14.1. The Bertz CT molecular complexity index is 604. The van der Waals surface area contributed by atoms with Crippen LogP contribution in [0.25, 0.3) is 5.57 Å². The molecule has 1 aromatic heterocycles. The highest BCUT2D eigenvalue weighted by Crippen LogP contribution is 2.33. The van der Waals surface area contributed by atoms with Gasteiger partial charge in [0.05, 0.1) is 16.9 Å². The summed E-state index contributed by atoms with van der Waals surface area (Å²) in [6, 6.07) is 0. The van der Waals surface area contributed by atoms with E-state index in [-0.39, 0.29) is 23.4 Å². The number of carbonyl (C=O) groups excluding carboxylic acids is 1. The van der Waals surface area contributed by atoms with E-state index in [0.717, 1.165) is 0 Å². The van der Waals surface area contributed by atoms with Gasteiger partial charge in [-0.05, 0) is 19.4 Å². The predicted molar refractivity (Wildman–Crippen MR) is 69.1 cm³/mol. The van der Waals surface area contributed by atoms with Gasteiger partial charge in [0.2, 0.25) is 0 Å². The molecule has 19 heavy (non-hydrogen) atoms. The number of aryl methyl sites for hydroxylation is 1. The molecule has 100 valence electrons. The molecule has 0 aromatic carbocycles. The van der Waals surface area contributed by atoms with Gasteiger partial charge in [0.15, 0.2) is 0 Å². The molecule has 1 amide bonds. The fraction of sp³-hybridized carbons (Fsp3) is 0.333. The first kappa shape index (κ1) is 13.6. The highest BCUT2D eigenvalue weighted by atomic mass is 35.5. The summed E-state index contributed by atoms with van der Waals surface area (Å²) in [4.78, 5) is 21.4. The van der Waals surface area contributed by atoms with Gasteiger partial charge in [0, 0.05) is 29.3 Å². The van der Waals surface area contributed by atoms with Crippen LogP contribution >= 0.6 is 11.6 Å². The standard InChI is InChI=1S/C12H11ClFN3O2/c1-7(12(18)16-19)5-8-10(14)3-2-4-17-11(8)9(13)6-15-17/h5-6H,2-4H2,1H3/b7-5+. The first-order valence-corrected chi connectivity index (χ1v) is 6.08. The van der Waals surface area contributed by atoms with E-state index in [4.69, 9.17) is 11.6 Å². The largest absolute Gasteiger partial charge is 0.312 e. The van der Waals surface area contributed by atoms with Crippen molar-refractivity contribution in [2.75, 3.05) is 0 Å². The van der Waals surface area contributed by atoms with Gasteiger partial charge >= 0.3 is 5.91 Å². The van der Waals surface area contributed by atoms with Crippen LogP contribution in [-0.2, 0) is 11.3 Å². The van der Waals surface area contributed by atoms with Gasteiger partial charge in [-0.2, -0.15) is 5.10 Å². The Labute approximate surface area is 113 Å². The minimum atomic E-state index is -0.924. The molecule has 0 saturated heterocycles. The number of carbonyl (C=O) groups is 1. The lowest BCUT2D eigenvalue weighted by atomic mass is 10.1. The zero-order valence-corrected chi connectivity index (χ0v) is 10.9. The Kier molecular flexibility index (Phi) is 3.90. The molecule has 1 aromatic rings. The maximum atomic E-state index is 14.1. The third-order valence-corrected chi connectivity index (χ3v) is 3.17. The molecule has 5 nitrogen and oxygen atoms in total. The Morgan fingerprint density at radius 1 is 1.63 bits per heavy atom. The molecule has 0 bridgehead atoms. The van der Waals surface area contributed by atoms with Crippen molar-refractivity contribution < 1.29 is 9.18 Å². The number of allylic oxidation sites excluding steroid dienone is 3. The zero-order valence-electron chi connectivity index (χ0n) is 10.2. The highest BCUT2D eigenvalue weighted by Gasteiger charge is 2.21. The molecule has 0 radical (unpaired) electrons. The quantitative estimate of drug-likeness (QED) is 0.618. The molecule has 0 fully saturated rings. The minimum Gasteiger partial charge on any atom is -0.264 e. The Morgan fingerprint density at radius 3 is 3.05 bits per heavy atom. The summed E-state index contributed by atoms with van der Waals surface area (Å²) in [6.45, 7) is 1.95. The van der Waals surface area contributed by atoms with Gasteiger partial charge in [0.1, 0.15) is 5.83 Å². The number of amides is 1. The van der Waals surface area contributed by atoms with E-state index in [1.165, 1.54) is 19.2 Å². The first-order chi connectivity index (χ1) is 9.04. The van der Waals surface area contributed by atoms with Crippen LogP contribution in [0.3, 0.4) is 0 Å². The van der Waals surface area contributed by atoms with Gasteiger partial charge < -0.3 is 0 Å². The molecular weight excluding hydrogens is 273 g/mol. The minimum absolute atomic E-state index is 0.0610. The van der Waals surface area contributed by atoms with Crippen molar-refractivity contribution in [3.05, 3.63) is 39.3 Å². The number of aromatic nitrogens is 2. The molecule has 1 aliphatic rings. The Hall–Kier alpha value is -1.82. The van der Waals surface area contributed by atoms with E-state index < -0.39 is 5.91 Å². The van der Waals surface area contributed by atoms with Crippen molar-refractivity contribution in [3.63, 3.8) is 0 Å². The summed E-state index contributed by atoms with van der Waals surface area (Å²) in [5, 5.41) is 6.68. The van der Waals surface area contributed by atoms with E-state index in [1.54, 1.807) is 4.68 Å². The number of halogens is 2. The monoisotopic (exact) mass is 283 g/mol. The number of hydrogen-bond acceptors (Lipinski definition) is 3. The highest BCUT2D eigenvalue weighted by molar-refractivity contribution is 6.32. The normalized spacial score (nSPS) is 16.1. The molecule has 7 heteroatoms. The average molecular weight is 284 g/mol. The van der Waals surface area contributed by atoms with Crippen LogP contribution in [0.4, 0.5) is 4.39 Å². The number of nitroso groups, excluding NO2 is 1. The lowest BCUT2D eigenvalue weighted by Crippen LogP contribution is -2.03. The second-order valence-electron chi connectivity index (χ2n) is 4.21. The summed E-state index contributed by atoms with van der Waals surface area (Å²) in [6.07, 6.45) is 3.55. The summed E-state index contributed by atoms with van der Waals surface area (Å²) in [5.74, 6) is -1.30. The molecule has 0 aliphatic carbocycles. The van der Waals surface area contributed by atoms with Crippen molar-refractivity contribution in [2.24, 2.45) is 5.18 Å². The van der Waals surface area contributed by atoms with Crippen LogP contribution in [0.5, 0.6) is 0 Å². The molecule has 0 N–H and O–H groups in total. The van der Waals surface area contributed by atoms with E-state index >= 15 is 0 Å². The first-order valence-electron chi connectivity index (χ1n) is 5.71. The average Bonchev–Trinajstić information content (AvgIpc) is 2.67. The van der Waals surface area contributed by atoms with Crippen LogP contribution in [0.1, 0.15) is 25.5 Å². The third kappa shape index (κ3) is 2.63. The molecular formula is C12H11ClFN3O2. The Morgan fingerprint density at radius 2 is 2.37 bits per heavy atom. The molecule has 0 atom stereocenters. The summed E-state index contributed by atoms with van der Waals surface area (Å²) in [7, 11) is 0. The summed E-state index contributed by atoms with van der Waals surface area (Å²) in [5.41, 5.74) is 0.676. The number of nitrogens with zero attached hydrogens (tertiary/aromatic N) is 3. The number of hydrogen-bond donors (Lipinski definition) is 0. The van der Waals surface area contributed by atoms with E-state index in [2.05, 4.69) is 10.3 Å². The fourth-order valence-corrected chi connectivity index (χ4v) is 2.19. The Balaban J connectivity index is 2.56. The number of rotatable bonds is 2. The molecule has 1 aliphatic heterocycles. The fourth-order valence-electron chi connectivity index (χ4n) is 1.94. The van der Waals surface area contributed by atoms with Crippen LogP contribution < -0.4 is 0 Å². The maximum Gasteiger partial charge on any atom is 0.312 e. The SMILES string of the molecule is C/C(=C\C1=C(F)CCCn2ncc(Cl)c21)C(=O)N=O. The van der Waals surface area contributed by atoms with Crippen LogP contribution in [-0.4, -0.2) is 15.7 Å². The van der Waals surface area contributed by atoms with Gasteiger partial charge in [-0.25, -0.2) is 4.39 Å². The lowest BCUT2D eigenvalue weighted by Gasteiger charge is -2.06. The third-order valence-electron chi connectivity index (χ3n) is 2.89. The predicted octanol–water partition coefficient (Wildman–Crippen LogP) is 3.25. The van der Waals surface area contributed by atoms with Crippen molar-refractivity contribution in [1.29, 1.82) is 0 Å². The van der Waals surface area contributed by atoms with E-state index in [1.807, 2.05) is 0 Å². The van der Waals surface area contributed by atoms with Crippen LogP contribution in [0.2, 0.25) is 5.02 Å². The summed E-state index contributed by atoms with van der Waals surface area (Å²) >= 11 is 6.00. The molecule has 0 spiro atoms. The van der Waals surface area contributed by atoms with E-state index in [0.29, 0.717) is 23.7 Å². The van der Waals surface area contributed by atoms with Crippen molar-refractivity contribution in [2.45, 2.75) is 26.3 Å². The van der Waals surface area contributed by atoms with Gasteiger partial charge in [0.25, 0.3) is 0 Å². The van der Waals surface area contributed by atoms with Gasteiger partial charge in [-0.15, -0.1) is 4.91 Å². The van der Waals surface area contributed by atoms with Crippen LogP contribution in [0, 0.1) is 4.91 Å². The van der Waals surface area contributed by atoms with Gasteiger partial charge in [-0.3, -0.25) is 9.48 Å². The van der Waals surface area contributed by atoms with Crippen molar-refractivity contribution in [3.8, 4) is 0 Å². The van der Waals surface area contributed by atoms with E-state index in [9.17, 15) is 14.1 Å². The molecule has 2 heterocycles. The molecule has 2 rings (SSSR count). The lowest BCUT2D eigenvalue weighted by molar-refractivity contribution is -0.114. The van der Waals surface area contributed by atoms with Crippen molar-refractivity contribution >= 4 is 23.1 Å².